The summed E-state index contributed by atoms with van der Waals surface area (Å²) in [4.78, 5) is 0. The molecule has 1 N–H and O–H groups in total. The number of halogens is 2. The third-order valence-electron chi connectivity index (χ3n) is 0.447. The monoisotopic (exact) mass is 238 g/mol. The molecule has 0 fully saturated rings. The third-order valence-corrected chi connectivity index (χ3v) is 0.447. The fourth-order valence-electron chi connectivity index (χ4n) is 0.224. The first-order chi connectivity index (χ1) is 3.83. The molecule has 0 aliphatic heterocycles. The van der Waals surface area contributed by atoms with E-state index in [2.05, 4.69) is 5.32 Å². The second-order valence-corrected chi connectivity index (χ2v) is 1.17. The standard InChI is InChI=1S/C4H10N.C2H6O.2ClH.Ti/c1-3-5-4-2;1-2-3;;;/h3-4H2,1-2H3;3H,2H2,1H3;2*1H;/q-1;;;;. The maximum Gasteiger partial charge on any atom is 0.0402 e. The summed E-state index contributed by atoms with van der Waals surface area (Å²) in [6.07, 6.45) is 0. The Bertz CT molecular complexity index is 34.5. The van der Waals surface area contributed by atoms with Gasteiger partial charge in [-0.2, -0.15) is 13.1 Å². The zero-order valence-electron chi connectivity index (χ0n) is 7.33. The van der Waals surface area contributed by atoms with E-state index < -0.39 is 0 Å². The Morgan fingerprint density at radius 2 is 1.18 bits per heavy atom. The summed E-state index contributed by atoms with van der Waals surface area (Å²) in [5.41, 5.74) is 0. The van der Waals surface area contributed by atoms with Crippen molar-refractivity contribution < 1.29 is 26.8 Å². The number of hydrogen-bond acceptors (Lipinski definition) is 1. The van der Waals surface area contributed by atoms with Crippen LogP contribution in [0, 0.1) is 0 Å². The molecule has 0 rings (SSSR count). The van der Waals surface area contributed by atoms with Gasteiger partial charge in [0, 0.05) is 28.3 Å². The number of rotatable bonds is 2. The van der Waals surface area contributed by atoms with Crippen LogP contribution in [-0.2, 0) is 21.7 Å². The van der Waals surface area contributed by atoms with Crippen LogP contribution in [0.1, 0.15) is 20.8 Å². The number of hydrogen-bond donors (Lipinski definition) is 1. The van der Waals surface area contributed by atoms with Crippen molar-refractivity contribution in [1.29, 1.82) is 0 Å². The van der Waals surface area contributed by atoms with Gasteiger partial charge in [-0.15, -0.1) is 24.8 Å². The van der Waals surface area contributed by atoms with Crippen molar-refractivity contribution in [2.45, 2.75) is 20.8 Å². The van der Waals surface area contributed by atoms with Gasteiger partial charge < -0.3 is 10.4 Å². The molecule has 0 aromatic rings. The fourth-order valence-corrected chi connectivity index (χ4v) is 0.224. The maximum atomic E-state index is 7.57. The Balaban J connectivity index is -0.0000000183. The van der Waals surface area contributed by atoms with Crippen molar-refractivity contribution in [1.82, 2.24) is 0 Å². The van der Waals surface area contributed by atoms with E-state index in [9.17, 15) is 0 Å². The molecule has 0 radical (unpaired) electrons. The number of nitrogens with zero attached hydrogens (tertiary/aromatic N) is 1. The van der Waals surface area contributed by atoms with E-state index in [1.807, 2.05) is 13.8 Å². The van der Waals surface area contributed by atoms with Crippen molar-refractivity contribution in [3.8, 4) is 0 Å². The van der Waals surface area contributed by atoms with Crippen LogP contribution >= 0.6 is 24.8 Å². The van der Waals surface area contributed by atoms with Gasteiger partial charge >= 0.3 is 0 Å². The van der Waals surface area contributed by atoms with Crippen molar-refractivity contribution in [3.63, 3.8) is 0 Å². The molecule has 0 aromatic carbocycles. The predicted molar refractivity (Wildman–Crippen MR) is 51.7 cm³/mol. The van der Waals surface area contributed by atoms with Gasteiger partial charge in [0.15, 0.2) is 0 Å². The Labute approximate surface area is 97.2 Å². The van der Waals surface area contributed by atoms with Gasteiger partial charge in [-0.3, -0.25) is 0 Å². The SMILES string of the molecule is CCO.CC[N-]CC.Cl.Cl.[Ti]. The molecule has 0 saturated carbocycles. The van der Waals surface area contributed by atoms with Gasteiger partial charge in [-0.25, -0.2) is 0 Å². The molecule has 11 heavy (non-hydrogen) atoms. The van der Waals surface area contributed by atoms with Gasteiger partial charge in [-0.05, 0) is 6.92 Å². The molecule has 5 heteroatoms. The Morgan fingerprint density at radius 1 is 1.00 bits per heavy atom. The van der Waals surface area contributed by atoms with Crippen LogP contribution in [0.5, 0.6) is 0 Å². The second-order valence-electron chi connectivity index (χ2n) is 1.17. The molecular formula is C6H18Cl2NOTi-. The Morgan fingerprint density at radius 3 is 1.18 bits per heavy atom. The van der Waals surface area contributed by atoms with Crippen LogP contribution < -0.4 is 0 Å². The smallest absolute Gasteiger partial charge is 0.0402 e. The van der Waals surface area contributed by atoms with E-state index in [1.165, 1.54) is 0 Å². The van der Waals surface area contributed by atoms with E-state index in [1.54, 1.807) is 6.92 Å². The molecule has 0 aliphatic rings. The van der Waals surface area contributed by atoms with Crippen LogP contribution in [0.15, 0.2) is 0 Å². The maximum absolute atomic E-state index is 7.57. The largest absolute Gasteiger partial charge is 0.663 e. The van der Waals surface area contributed by atoms with Crippen LogP contribution in [0.2, 0.25) is 0 Å². The minimum absolute atomic E-state index is 0. The van der Waals surface area contributed by atoms with Crippen molar-refractivity contribution in [3.05, 3.63) is 5.32 Å². The van der Waals surface area contributed by atoms with Gasteiger partial charge in [-0.1, -0.05) is 13.8 Å². The summed E-state index contributed by atoms with van der Waals surface area (Å²) >= 11 is 0. The normalized spacial score (nSPS) is 5.45. The second kappa shape index (κ2) is 43.0. The van der Waals surface area contributed by atoms with Gasteiger partial charge in [0.05, 0.1) is 0 Å². The summed E-state index contributed by atoms with van der Waals surface area (Å²) in [7, 11) is 0. The van der Waals surface area contributed by atoms with E-state index >= 15 is 0 Å². The Kier molecular flexibility index (Phi) is 115. The molecule has 0 atom stereocenters. The van der Waals surface area contributed by atoms with Crippen molar-refractivity contribution >= 4 is 24.8 Å². The first-order valence-electron chi connectivity index (χ1n) is 3.07. The summed E-state index contributed by atoms with van der Waals surface area (Å²) in [6.45, 7) is 7.96. The van der Waals surface area contributed by atoms with Gasteiger partial charge in [0.25, 0.3) is 0 Å². The van der Waals surface area contributed by atoms with E-state index in [-0.39, 0.29) is 53.1 Å². The summed E-state index contributed by atoms with van der Waals surface area (Å²) in [5.74, 6) is 0. The van der Waals surface area contributed by atoms with Crippen molar-refractivity contribution in [2.24, 2.45) is 0 Å². The first kappa shape index (κ1) is 29.5. The molecule has 0 bridgehead atoms. The van der Waals surface area contributed by atoms with E-state index in [0.717, 1.165) is 13.1 Å². The molecule has 0 amide bonds. The fraction of sp³-hybridized carbons (Fsp3) is 1.00. The van der Waals surface area contributed by atoms with Gasteiger partial charge in [0.2, 0.25) is 0 Å². The topological polar surface area (TPSA) is 34.3 Å². The minimum Gasteiger partial charge on any atom is -0.663 e. The van der Waals surface area contributed by atoms with Crippen LogP contribution in [0.3, 0.4) is 0 Å². The van der Waals surface area contributed by atoms with E-state index in [0.29, 0.717) is 0 Å². The molecular weight excluding hydrogens is 221 g/mol. The first-order valence-corrected chi connectivity index (χ1v) is 3.07. The molecule has 2 nitrogen and oxygen atoms in total. The summed E-state index contributed by atoms with van der Waals surface area (Å²) in [6, 6.07) is 0. The average Bonchev–Trinajstić information content (AvgIpc) is 1.71. The van der Waals surface area contributed by atoms with E-state index in [4.69, 9.17) is 5.11 Å². The van der Waals surface area contributed by atoms with Crippen LogP contribution in [-0.4, -0.2) is 24.8 Å². The predicted octanol–water partition coefficient (Wildman–Crippen LogP) is 2.24. The van der Waals surface area contributed by atoms with Gasteiger partial charge in [0.1, 0.15) is 0 Å². The zero-order chi connectivity index (χ0) is 6.83. The van der Waals surface area contributed by atoms with Crippen LogP contribution in [0.4, 0.5) is 0 Å². The summed E-state index contributed by atoms with van der Waals surface area (Å²) < 4.78 is 0. The Hall–Kier alpha value is 1.21. The number of aliphatic hydroxyl groups is 1. The zero-order valence-corrected chi connectivity index (χ0v) is 10.5. The average molecular weight is 239 g/mol. The quantitative estimate of drug-likeness (QED) is 0.736. The molecule has 0 saturated heterocycles. The molecule has 0 heterocycles. The van der Waals surface area contributed by atoms with Crippen LogP contribution in [0.25, 0.3) is 5.32 Å². The molecule has 0 spiro atoms. The molecule has 72 valence electrons. The minimum atomic E-state index is 0. The molecule has 0 aromatic heterocycles. The molecule has 0 aliphatic carbocycles. The number of aliphatic hydroxyl groups excluding tert-OH is 1. The third kappa shape index (κ3) is 92.2. The molecule has 0 unspecified atom stereocenters. The summed E-state index contributed by atoms with van der Waals surface area (Å²) in [5, 5.41) is 11.5. The van der Waals surface area contributed by atoms with Crippen molar-refractivity contribution in [2.75, 3.05) is 19.7 Å².